The van der Waals surface area contributed by atoms with E-state index in [4.69, 9.17) is 0 Å². The van der Waals surface area contributed by atoms with Gasteiger partial charge in [0.1, 0.15) is 0 Å². The first-order valence-electron chi connectivity index (χ1n) is 7.88. The quantitative estimate of drug-likeness (QED) is 0.731. The van der Waals surface area contributed by atoms with Crippen molar-refractivity contribution in [2.75, 3.05) is 6.54 Å². The Morgan fingerprint density at radius 3 is 1.94 bits per heavy atom. The maximum atomic E-state index is 3.75. The molecule has 4 saturated carbocycles. The van der Waals surface area contributed by atoms with Crippen molar-refractivity contribution in [3.05, 3.63) is 0 Å². The monoisotopic (exact) mass is 233 g/mol. The van der Waals surface area contributed by atoms with Crippen LogP contribution in [0.5, 0.6) is 0 Å². The summed E-state index contributed by atoms with van der Waals surface area (Å²) >= 11 is 0. The van der Waals surface area contributed by atoms with Gasteiger partial charge in [-0.25, -0.2) is 0 Å². The molecule has 4 bridgehead atoms. The highest BCUT2D eigenvalue weighted by Gasteiger charge is 2.53. The summed E-state index contributed by atoms with van der Waals surface area (Å²) < 4.78 is 0. The first kappa shape index (κ1) is 10.8. The van der Waals surface area contributed by atoms with Crippen molar-refractivity contribution in [1.29, 1.82) is 0 Å². The maximum Gasteiger partial charge on any atom is 0.0156 e. The molecule has 1 nitrogen and oxygen atoms in total. The standard InChI is InChI=1S/C16H27N/c1-16(2)14(3-4-17-16)15-12-6-10-5-11(8-12)9-13(15)7-10/h10-15,17H,3-9H2,1-2H3. The van der Waals surface area contributed by atoms with Crippen LogP contribution in [0, 0.1) is 35.5 Å². The van der Waals surface area contributed by atoms with Crippen molar-refractivity contribution in [3.8, 4) is 0 Å². The van der Waals surface area contributed by atoms with Crippen molar-refractivity contribution in [2.45, 2.75) is 57.9 Å². The van der Waals surface area contributed by atoms with E-state index in [-0.39, 0.29) is 0 Å². The third kappa shape index (κ3) is 1.54. The Morgan fingerprint density at radius 2 is 1.47 bits per heavy atom. The molecule has 96 valence electrons. The van der Waals surface area contributed by atoms with Crippen LogP contribution < -0.4 is 5.32 Å². The highest BCUT2D eigenvalue weighted by Crippen LogP contribution is 2.60. The Bertz CT molecular complexity index is 291. The molecule has 1 aliphatic heterocycles. The van der Waals surface area contributed by atoms with Crippen LogP contribution in [-0.4, -0.2) is 12.1 Å². The van der Waals surface area contributed by atoms with E-state index in [0.29, 0.717) is 5.54 Å². The number of nitrogens with one attached hydrogen (secondary N) is 1. The second-order valence-corrected chi connectivity index (χ2v) is 8.05. The van der Waals surface area contributed by atoms with E-state index in [1.165, 1.54) is 13.0 Å². The minimum Gasteiger partial charge on any atom is -0.311 e. The number of rotatable bonds is 1. The zero-order chi connectivity index (χ0) is 11.6. The Balaban J connectivity index is 1.62. The van der Waals surface area contributed by atoms with Gasteiger partial charge in [0, 0.05) is 5.54 Å². The van der Waals surface area contributed by atoms with Crippen LogP contribution in [0.3, 0.4) is 0 Å². The van der Waals surface area contributed by atoms with E-state index in [1.54, 1.807) is 32.1 Å². The number of hydrogen-bond donors (Lipinski definition) is 1. The molecule has 1 N–H and O–H groups in total. The summed E-state index contributed by atoms with van der Waals surface area (Å²) in [6.45, 7) is 6.17. The minimum absolute atomic E-state index is 0.417. The molecule has 0 radical (unpaired) electrons. The molecule has 0 aromatic heterocycles. The van der Waals surface area contributed by atoms with E-state index in [1.807, 2.05) is 0 Å². The van der Waals surface area contributed by atoms with Crippen molar-refractivity contribution in [2.24, 2.45) is 35.5 Å². The van der Waals surface area contributed by atoms with Gasteiger partial charge in [-0.1, -0.05) is 0 Å². The van der Waals surface area contributed by atoms with Crippen LogP contribution in [0.2, 0.25) is 0 Å². The highest BCUT2D eigenvalue weighted by molar-refractivity contribution is 5.05. The fraction of sp³-hybridized carbons (Fsp3) is 1.00. The molecular weight excluding hydrogens is 206 g/mol. The fourth-order valence-corrected chi connectivity index (χ4v) is 6.34. The summed E-state index contributed by atoms with van der Waals surface area (Å²) in [5.74, 6) is 6.52. The predicted octanol–water partition coefficient (Wildman–Crippen LogP) is 3.45. The fourth-order valence-electron chi connectivity index (χ4n) is 6.34. The summed E-state index contributed by atoms with van der Waals surface area (Å²) in [7, 11) is 0. The van der Waals surface area contributed by atoms with Gasteiger partial charge >= 0.3 is 0 Å². The molecule has 0 aromatic carbocycles. The molecule has 17 heavy (non-hydrogen) atoms. The molecule has 5 rings (SSSR count). The van der Waals surface area contributed by atoms with Gasteiger partial charge in [0.25, 0.3) is 0 Å². The van der Waals surface area contributed by atoms with Crippen molar-refractivity contribution in [3.63, 3.8) is 0 Å². The molecule has 1 heterocycles. The average Bonchev–Trinajstić information content (AvgIpc) is 2.57. The molecule has 1 unspecified atom stereocenters. The van der Waals surface area contributed by atoms with Gasteiger partial charge in [0.05, 0.1) is 0 Å². The van der Waals surface area contributed by atoms with E-state index in [0.717, 1.165) is 35.5 Å². The average molecular weight is 233 g/mol. The second kappa shape index (κ2) is 3.50. The van der Waals surface area contributed by atoms with Gasteiger partial charge in [0.2, 0.25) is 0 Å². The van der Waals surface area contributed by atoms with Gasteiger partial charge in [-0.2, -0.15) is 0 Å². The molecule has 0 amide bonds. The lowest BCUT2D eigenvalue weighted by Crippen LogP contribution is -2.52. The molecule has 4 aliphatic carbocycles. The molecule has 1 atom stereocenters. The van der Waals surface area contributed by atoms with Crippen LogP contribution in [-0.2, 0) is 0 Å². The molecule has 0 aromatic rings. The second-order valence-electron chi connectivity index (χ2n) is 8.05. The van der Waals surface area contributed by atoms with E-state index < -0.39 is 0 Å². The van der Waals surface area contributed by atoms with Gasteiger partial charge in [-0.05, 0) is 94.4 Å². The topological polar surface area (TPSA) is 12.0 Å². The largest absolute Gasteiger partial charge is 0.311 e. The molecule has 5 fully saturated rings. The Hall–Kier alpha value is -0.0400. The van der Waals surface area contributed by atoms with E-state index >= 15 is 0 Å². The van der Waals surface area contributed by atoms with Crippen LogP contribution in [0.1, 0.15) is 52.4 Å². The van der Waals surface area contributed by atoms with E-state index in [9.17, 15) is 0 Å². The Labute approximate surface area is 106 Å². The number of hydrogen-bond acceptors (Lipinski definition) is 1. The third-order valence-corrected chi connectivity index (χ3v) is 6.73. The first-order valence-corrected chi connectivity index (χ1v) is 7.88. The lowest BCUT2D eigenvalue weighted by molar-refractivity contribution is -0.0703. The van der Waals surface area contributed by atoms with Crippen molar-refractivity contribution >= 4 is 0 Å². The van der Waals surface area contributed by atoms with Crippen LogP contribution in [0.15, 0.2) is 0 Å². The molecule has 1 saturated heterocycles. The molecular formula is C16H27N. The summed E-state index contributed by atoms with van der Waals surface area (Å²) in [4.78, 5) is 0. The van der Waals surface area contributed by atoms with Gasteiger partial charge < -0.3 is 5.32 Å². The first-order chi connectivity index (χ1) is 8.13. The predicted molar refractivity (Wildman–Crippen MR) is 70.7 cm³/mol. The van der Waals surface area contributed by atoms with Crippen LogP contribution >= 0.6 is 0 Å². The minimum atomic E-state index is 0.417. The van der Waals surface area contributed by atoms with Gasteiger partial charge in [-0.15, -0.1) is 0 Å². The molecule has 0 spiro atoms. The van der Waals surface area contributed by atoms with Crippen LogP contribution in [0.4, 0.5) is 0 Å². The summed E-state index contributed by atoms with van der Waals surface area (Å²) in [6.07, 6.45) is 9.38. The Morgan fingerprint density at radius 1 is 0.882 bits per heavy atom. The normalized spacial score (nSPS) is 55.4. The molecule has 5 aliphatic rings. The zero-order valence-corrected chi connectivity index (χ0v) is 11.4. The maximum absolute atomic E-state index is 3.75. The lowest BCUT2D eigenvalue weighted by Gasteiger charge is -2.57. The highest BCUT2D eigenvalue weighted by atomic mass is 15.0. The molecule has 1 heteroatoms. The van der Waals surface area contributed by atoms with Crippen molar-refractivity contribution in [1.82, 2.24) is 5.32 Å². The van der Waals surface area contributed by atoms with E-state index in [2.05, 4.69) is 19.2 Å². The van der Waals surface area contributed by atoms with Crippen molar-refractivity contribution < 1.29 is 0 Å². The summed E-state index contributed by atoms with van der Waals surface area (Å²) in [5, 5.41) is 3.75. The zero-order valence-electron chi connectivity index (χ0n) is 11.4. The summed E-state index contributed by atoms with van der Waals surface area (Å²) in [6, 6.07) is 0. The third-order valence-electron chi connectivity index (χ3n) is 6.73. The van der Waals surface area contributed by atoms with Gasteiger partial charge in [-0.3, -0.25) is 0 Å². The van der Waals surface area contributed by atoms with Crippen LogP contribution in [0.25, 0.3) is 0 Å². The van der Waals surface area contributed by atoms with Gasteiger partial charge in [0.15, 0.2) is 0 Å². The summed E-state index contributed by atoms with van der Waals surface area (Å²) in [5.41, 5.74) is 0.417. The smallest absolute Gasteiger partial charge is 0.0156 e. The Kier molecular flexibility index (Phi) is 2.23. The lowest BCUT2D eigenvalue weighted by atomic mass is 9.48. The SMILES string of the molecule is CC1(C)NCCC1C1C2CC3CC(C2)CC1C3.